The molecule has 140 valence electrons. The fourth-order valence-electron chi connectivity index (χ4n) is 4.59. The first-order valence-electron chi connectivity index (χ1n) is 9.85. The van der Waals surface area contributed by atoms with Gasteiger partial charge in [-0.2, -0.15) is 0 Å². The molecule has 0 aliphatic carbocycles. The number of amides is 1. The number of unbranched alkanes of at least 4 members (excludes halogenated alkanes) is 1. The minimum absolute atomic E-state index is 0.210. The molecule has 0 spiro atoms. The number of likely N-dealkylation sites (tertiary alicyclic amines) is 2. The number of hydrogen-bond acceptors (Lipinski definition) is 4. The van der Waals surface area contributed by atoms with Crippen molar-refractivity contribution < 1.29 is 14.3 Å². The number of rotatable bonds is 6. The van der Waals surface area contributed by atoms with Crippen LogP contribution in [0.1, 0.15) is 37.9 Å². The first-order valence-corrected chi connectivity index (χ1v) is 9.85. The third kappa shape index (κ3) is 3.64. The van der Waals surface area contributed by atoms with Crippen LogP contribution in [0.25, 0.3) is 11.0 Å². The second kappa shape index (κ2) is 7.80. The molecule has 2 aromatic rings. The largest absolute Gasteiger partial charge is 0.460 e. The van der Waals surface area contributed by atoms with Crippen LogP contribution in [0.4, 0.5) is 0 Å². The lowest BCUT2D eigenvalue weighted by Gasteiger charge is -2.47. The van der Waals surface area contributed by atoms with Gasteiger partial charge in [-0.15, -0.1) is 0 Å². The van der Waals surface area contributed by atoms with Gasteiger partial charge in [0.1, 0.15) is 11.3 Å². The predicted octanol–water partition coefficient (Wildman–Crippen LogP) is 3.02. The number of fused-ring (bicyclic) bond motifs is 2. The maximum Gasteiger partial charge on any atom is 0.222 e. The predicted molar refractivity (Wildman–Crippen MR) is 101 cm³/mol. The number of benzene rings is 1. The molecule has 5 nitrogen and oxygen atoms in total. The zero-order chi connectivity index (χ0) is 17.9. The monoisotopic (exact) mass is 356 g/mol. The van der Waals surface area contributed by atoms with Crippen molar-refractivity contribution in [2.24, 2.45) is 5.92 Å². The molecule has 2 fully saturated rings. The average molecular weight is 356 g/mol. The zero-order valence-corrected chi connectivity index (χ0v) is 15.3. The van der Waals surface area contributed by atoms with E-state index >= 15 is 0 Å². The van der Waals surface area contributed by atoms with Crippen LogP contribution < -0.4 is 0 Å². The summed E-state index contributed by atoms with van der Waals surface area (Å²) in [5, 5.41) is 10.2. The van der Waals surface area contributed by atoms with Gasteiger partial charge in [0.05, 0.1) is 6.54 Å². The highest BCUT2D eigenvalue weighted by Crippen LogP contribution is 2.32. The highest BCUT2D eigenvalue weighted by Gasteiger charge is 2.38. The average Bonchev–Trinajstić information content (AvgIpc) is 3.06. The Labute approximate surface area is 154 Å². The fraction of sp³-hybridized carbons (Fsp3) is 0.571. The Balaban J connectivity index is 1.38. The number of hydrogen-bond donors (Lipinski definition) is 1. The minimum Gasteiger partial charge on any atom is -0.460 e. The molecule has 3 heterocycles. The lowest BCUT2D eigenvalue weighted by atomic mass is 9.83. The van der Waals surface area contributed by atoms with Crippen molar-refractivity contribution in [2.45, 2.75) is 44.7 Å². The summed E-state index contributed by atoms with van der Waals surface area (Å²) in [6.07, 6.45) is 4.37. The van der Waals surface area contributed by atoms with Crippen molar-refractivity contribution in [1.29, 1.82) is 0 Å². The van der Waals surface area contributed by atoms with E-state index in [4.69, 9.17) is 9.52 Å². The van der Waals surface area contributed by atoms with Crippen molar-refractivity contribution in [2.75, 3.05) is 26.2 Å². The van der Waals surface area contributed by atoms with Crippen LogP contribution in [0, 0.1) is 5.92 Å². The van der Waals surface area contributed by atoms with Gasteiger partial charge >= 0.3 is 0 Å². The molecular formula is C21H28N2O3. The molecule has 0 bridgehead atoms. The first-order chi connectivity index (χ1) is 12.7. The molecule has 5 heteroatoms. The number of furan rings is 1. The quantitative estimate of drug-likeness (QED) is 0.809. The zero-order valence-electron chi connectivity index (χ0n) is 15.3. The second-order valence-corrected chi connectivity index (χ2v) is 7.66. The number of para-hydroxylation sites is 1. The van der Waals surface area contributed by atoms with Crippen molar-refractivity contribution in [1.82, 2.24) is 9.80 Å². The first kappa shape index (κ1) is 17.6. The van der Waals surface area contributed by atoms with Gasteiger partial charge in [-0.05, 0) is 43.7 Å². The number of carbonyl (C=O) groups excluding carboxylic acids is 1. The summed E-state index contributed by atoms with van der Waals surface area (Å²) in [7, 11) is 0. The van der Waals surface area contributed by atoms with Gasteiger partial charge in [0.25, 0.3) is 0 Å². The Kier molecular flexibility index (Phi) is 5.27. The van der Waals surface area contributed by atoms with E-state index in [1.54, 1.807) is 0 Å². The Morgan fingerprint density at radius 1 is 1.19 bits per heavy atom. The van der Waals surface area contributed by atoms with Gasteiger partial charge in [0, 0.05) is 44.1 Å². The summed E-state index contributed by atoms with van der Waals surface area (Å²) in [5.41, 5.74) is 0.954. The molecule has 2 atom stereocenters. The molecule has 2 aliphatic rings. The van der Waals surface area contributed by atoms with E-state index < -0.39 is 0 Å². The van der Waals surface area contributed by atoms with E-state index in [-0.39, 0.29) is 6.61 Å². The number of piperidine rings is 2. The highest BCUT2D eigenvalue weighted by atomic mass is 16.3. The van der Waals surface area contributed by atoms with E-state index in [9.17, 15) is 4.79 Å². The molecule has 2 aliphatic heterocycles. The van der Waals surface area contributed by atoms with Gasteiger partial charge in [-0.1, -0.05) is 18.2 Å². The summed E-state index contributed by atoms with van der Waals surface area (Å²) in [5.74, 6) is 1.88. The maximum absolute atomic E-state index is 12.4. The molecule has 1 N–H and O–H groups in total. The standard InChI is InChI=1S/C21H28N2O3/c24-12-4-3-10-23-19-9-11-22(14-17(19)7-8-21(23)25)15-18-13-16-5-1-2-6-20(16)26-18/h1-2,5-6,13,17,19,24H,3-4,7-12,14-15H2/t17-,19+/m0/s1. The molecule has 1 aromatic heterocycles. The molecule has 1 aromatic carbocycles. The Morgan fingerprint density at radius 3 is 2.92 bits per heavy atom. The van der Waals surface area contributed by atoms with Crippen LogP contribution in [0.5, 0.6) is 0 Å². The maximum atomic E-state index is 12.4. The van der Waals surface area contributed by atoms with Gasteiger partial charge in [-0.25, -0.2) is 0 Å². The summed E-state index contributed by atoms with van der Waals surface area (Å²) in [4.78, 5) is 16.9. The SMILES string of the molecule is O=C1CC[C@H]2CN(Cc3cc4ccccc4o3)CC[C@H]2N1CCCCO. The molecule has 2 saturated heterocycles. The lowest BCUT2D eigenvalue weighted by Crippen LogP contribution is -2.55. The van der Waals surface area contributed by atoms with Gasteiger partial charge in [0.2, 0.25) is 5.91 Å². The van der Waals surface area contributed by atoms with Crippen LogP contribution in [-0.4, -0.2) is 53.1 Å². The third-order valence-electron chi connectivity index (χ3n) is 5.89. The normalized spacial score (nSPS) is 24.2. The van der Waals surface area contributed by atoms with E-state index in [0.717, 1.165) is 68.6 Å². The topological polar surface area (TPSA) is 56.9 Å². The molecule has 4 rings (SSSR count). The summed E-state index contributed by atoms with van der Waals surface area (Å²) in [6.45, 7) is 3.88. The van der Waals surface area contributed by atoms with Crippen molar-refractivity contribution >= 4 is 16.9 Å². The minimum atomic E-state index is 0.210. The van der Waals surface area contributed by atoms with Crippen LogP contribution in [0.15, 0.2) is 34.7 Å². The molecule has 26 heavy (non-hydrogen) atoms. The highest BCUT2D eigenvalue weighted by molar-refractivity contribution is 5.78. The summed E-state index contributed by atoms with van der Waals surface area (Å²) >= 11 is 0. The smallest absolute Gasteiger partial charge is 0.222 e. The van der Waals surface area contributed by atoms with E-state index in [0.29, 0.717) is 24.3 Å². The molecule has 1 amide bonds. The van der Waals surface area contributed by atoms with Crippen LogP contribution in [-0.2, 0) is 11.3 Å². The van der Waals surface area contributed by atoms with Crippen molar-refractivity contribution in [3.05, 3.63) is 36.1 Å². The lowest BCUT2D eigenvalue weighted by molar-refractivity contribution is -0.141. The molecular weight excluding hydrogens is 328 g/mol. The van der Waals surface area contributed by atoms with Crippen LogP contribution in [0.3, 0.4) is 0 Å². The number of carbonyl (C=O) groups is 1. The number of aliphatic hydroxyl groups excluding tert-OH is 1. The second-order valence-electron chi connectivity index (χ2n) is 7.66. The van der Waals surface area contributed by atoms with E-state index in [1.807, 2.05) is 18.2 Å². The van der Waals surface area contributed by atoms with Crippen molar-refractivity contribution in [3.63, 3.8) is 0 Å². The summed E-state index contributed by atoms with van der Waals surface area (Å²) < 4.78 is 5.98. The van der Waals surface area contributed by atoms with Gasteiger partial charge in [0.15, 0.2) is 0 Å². The third-order valence-corrected chi connectivity index (χ3v) is 5.89. The number of nitrogens with zero attached hydrogens (tertiary/aromatic N) is 2. The molecule has 0 unspecified atom stereocenters. The Hall–Kier alpha value is -1.85. The fourth-order valence-corrected chi connectivity index (χ4v) is 4.59. The van der Waals surface area contributed by atoms with E-state index in [1.165, 1.54) is 0 Å². The molecule has 0 saturated carbocycles. The number of aliphatic hydroxyl groups is 1. The molecule has 0 radical (unpaired) electrons. The van der Waals surface area contributed by atoms with Gasteiger partial charge < -0.3 is 14.4 Å². The summed E-state index contributed by atoms with van der Waals surface area (Å²) in [6, 6.07) is 10.7. The van der Waals surface area contributed by atoms with Crippen molar-refractivity contribution in [3.8, 4) is 0 Å². The Bertz CT molecular complexity index is 724. The van der Waals surface area contributed by atoms with Gasteiger partial charge in [-0.3, -0.25) is 9.69 Å². The van der Waals surface area contributed by atoms with Crippen LogP contribution >= 0.6 is 0 Å². The van der Waals surface area contributed by atoms with Crippen LogP contribution in [0.2, 0.25) is 0 Å². The Morgan fingerprint density at radius 2 is 2.08 bits per heavy atom. The van der Waals surface area contributed by atoms with E-state index in [2.05, 4.69) is 21.9 Å².